The number of nitrogens with one attached hydrogen (secondary N) is 1. The second kappa shape index (κ2) is 8.12. The van der Waals surface area contributed by atoms with Gasteiger partial charge >= 0.3 is 0 Å². The van der Waals surface area contributed by atoms with Crippen LogP contribution >= 0.6 is 0 Å². The van der Waals surface area contributed by atoms with Crippen LogP contribution < -0.4 is 5.32 Å². The van der Waals surface area contributed by atoms with Crippen molar-refractivity contribution in [3.8, 4) is 0 Å². The van der Waals surface area contributed by atoms with Crippen LogP contribution in [0.25, 0.3) is 0 Å². The molecule has 0 radical (unpaired) electrons. The molecule has 3 rings (SSSR count). The number of benzene rings is 2. The number of hydrogen-bond acceptors (Lipinski definition) is 3. The third-order valence-corrected chi connectivity index (χ3v) is 4.55. The van der Waals surface area contributed by atoms with Crippen molar-refractivity contribution in [3.05, 3.63) is 65.5 Å². The average molecular weight is 341 g/mol. The first-order valence-electron chi connectivity index (χ1n) is 8.64. The van der Waals surface area contributed by atoms with E-state index in [2.05, 4.69) is 17.3 Å². The van der Waals surface area contributed by atoms with Gasteiger partial charge in [-0.05, 0) is 42.4 Å². The van der Waals surface area contributed by atoms with Crippen molar-refractivity contribution in [2.24, 2.45) is 0 Å². The van der Waals surface area contributed by atoms with E-state index in [4.69, 9.17) is 0 Å². The predicted octanol–water partition coefficient (Wildman–Crippen LogP) is 2.75. The maximum Gasteiger partial charge on any atom is 0.227 e. The number of rotatable bonds is 5. The Morgan fingerprint density at radius 2 is 1.76 bits per heavy atom. The zero-order chi connectivity index (χ0) is 17.6. The normalized spacial score (nSPS) is 15.2. The summed E-state index contributed by atoms with van der Waals surface area (Å²) in [7, 11) is 2.08. The SMILES string of the molecule is CN1CCN(C(=O)Cc2cccc(NCc3ccc(F)cc3)c2)CC1. The largest absolute Gasteiger partial charge is 0.381 e. The number of likely N-dealkylation sites (N-methyl/N-ethyl adjacent to an activating group) is 1. The van der Waals surface area contributed by atoms with Gasteiger partial charge in [0.15, 0.2) is 0 Å². The van der Waals surface area contributed by atoms with Crippen molar-refractivity contribution in [3.63, 3.8) is 0 Å². The van der Waals surface area contributed by atoms with E-state index in [9.17, 15) is 9.18 Å². The number of hydrogen-bond donors (Lipinski definition) is 1. The topological polar surface area (TPSA) is 35.6 Å². The number of anilines is 1. The molecule has 1 heterocycles. The van der Waals surface area contributed by atoms with Crippen LogP contribution in [0.5, 0.6) is 0 Å². The summed E-state index contributed by atoms with van der Waals surface area (Å²) in [6.45, 7) is 4.10. The number of piperazine rings is 1. The summed E-state index contributed by atoms with van der Waals surface area (Å²) in [5, 5.41) is 3.33. The van der Waals surface area contributed by atoms with Crippen LogP contribution in [0.15, 0.2) is 48.5 Å². The molecular formula is C20H24FN3O. The monoisotopic (exact) mass is 341 g/mol. The van der Waals surface area contributed by atoms with Gasteiger partial charge in [-0.2, -0.15) is 0 Å². The second-order valence-corrected chi connectivity index (χ2v) is 6.54. The Balaban J connectivity index is 1.55. The lowest BCUT2D eigenvalue weighted by Crippen LogP contribution is -2.47. The standard InChI is InChI=1S/C20H24FN3O/c1-23-9-11-24(12-10-23)20(25)14-17-3-2-4-19(13-17)22-15-16-5-7-18(21)8-6-16/h2-8,13,22H,9-12,14-15H2,1H3. The molecule has 0 saturated carbocycles. The number of carbonyl (C=O) groups excluding carboxylic acids is 1. The van der Waals surface area contributed by atoms with E-state index in [1.807, 2.05) is 29.2 Å². The minimum atomic E-state index is -0.229. The van der Waals surface area contributed by atoms with Gasteiger partial charge in [0, 0.05) is 38.4 Å². The third-order valence-electron chi connectivity index (χ3n) is 4.55. The van der Waals surface area contributed by atoms with Crippen molar-refractivity contribution >= 4 is 11.6 Å². The van der Waals surface area contributed by atoms with Gasteiger partial charge in [-0.25, -0.2) is 4.39 Å². The molecular weight excluding hydrogens is 317 g/mol. The fourth-order valence-electron chi connectivity index (χ4n) is 2.94. The lowest BCUT2D eigenvalue weighted by atomic mass is 10.1. The van der Waals surface area contributed by atoms with Gasteiger partial charge in [0.25, 0.3) is 0 Å². The smallest absolute Gasteiger partial charge is 0.227 e. The zero-order valence-corrected chi connectivity index (χ0v) is 14.5. The van der Waals surface area contributed by atoms with Crippen LogP contribution in [-0.4, -0.2) is 48.9 Å². The minimum absolute atomic E-state index is 0.184. The van der Waals surface area contributed by atoms with E-state index in [1.54, 1.807) is 12.1 Å². The number of amides is 1. The molecule has 5 heteroatoms. The van der Waals surface area contributed by atoms with Gasteiger partial charge in [-0.3, -0.25) is 4.79 Å². The third kappa shape index (κ3) is 5.03. The fourth-order valence-corrected chi connectivity index (χ4v) is 2.94. The molecule has 0 atom stereocenters. The first-order valence-corrected chi connectivity index (χ1v) is 8.64. The van der Waals surface area contributed by atoms with Gasteiger partial charge in [-0.1, -0.05) is 24.3 Å². The molecule has 1 aliphatic rings. The summed E-state index contributed by atoms with van der Waals surface area (Å²) in [6, 6.07) is 14.4. The Labute approximate surface area is 148 Å². The molecule has 25 heavy (non-hydrogen) atoms. The highest BCUT2D eigenvalue weighted by Crippen LogP contribution is 2.14. The number of nitrogens with zero attached hydrogens (tertiary/aromatic N) is 2. The Morgan fingerprint density at radius 1 is 1.04 bits per heavy atom. The molecule has 0 bridgehead atoms. The summed E-state index contributed by atoms with van der Waals surface area (Å²) in [4.78, 5) is 16.6. The summed E-state index contributed by atoms with van der Waals surface area (Å²) in [6.07, 6.45) is 0.426. The van der Waals surface area contributed by atoms with E-state index >= 15 is 0 Å². The highest BCUT2D eigenvalue weighted by atomic mass is 19.1. The molecule has 0 spiro atoms. The predicted molar refractivity (Wildman–Crippen MR) is 97.9 cm³/mol. The number of halogens is 1. The van der Waals surface area contributed by atoms with Gasteiger partial charge in [0.2, 0.25) is 5.91 Å². The first kappa shape index (κ1) is 17.4. The van der Waals surface area contributed by atoms with Crippen molar-refractivity contribution in [1.82, 2.24) is 9.80 Å². The highest BCUT2D eigenvalue weighted by molar-refractivity contribution is 5.79. The van der Waals surface area contributed by atoms with E-state index in [1.165, 1.54) is 12.1 Å². The highest BCUT2D eigenvalue weighted by Gasteiger charge is 2.19. The van der Waals surface area contributed by atoms with E-state index in [0.29, 0.717) is 13.0 Å². The van der Waals surface area contributed by atoms with Crippen molar-refractivity contribution in [1.29, 1.82) is 0 Å². The van der Waals surface area contributed by atoms with Crippen molar-refractivity contribution in [2.75, 3.05) is 38.5 Å². The summed E-state index contributed by atoms with van der Waals surface area (Å²) >= 11 is 0. The first-order chi connectivity index (χ1) is 12.1. The molecule has 2 aromatic rings. The summed E-state index contributed by atoms with van der Waals surface area (Å²) in [5.41, 5.74) is 2.99. The van der Waals surface area contributed by atoms with Crippen LogP contribution in [0.1, 0.15) is 11.1 Å². The molecule has 2 aromatic carbocycles. The number of carbonyl (C=O) groups is 1. The Kier molecular flexibility index (Phi) is 5.66. The van der Waals surface area contributed by atoms with Gasteiger partial charge in [0.1, 0.15) is 5.82 Å². The average Bonchev–Trinajstić information content (AvgIpc) is 2.62. The van der Waals surface area contributed by atoms with Gasteiger partial charge in [0.05, 0.1) is 6.42 Å². The Morgan fingerprint density at radius 3 is 2.48 bits per heavy atom. The minimum Gasteiger partial charge on any atom is -0.381 e. The van der Waals surface area contributed by atoms with Crippen LogP contribution in [0.4, 0.5) is 10.1 Å². The zero-order valence-electron chi connectivity index (χ0n) is 14.5. The molecule has 0 aromatic heterocycles. The molecule has 132 valence electrons. The van der Waals surface area contributed by atoms with Gasteiger partial charge in [-0.15, -0.1) is 0 Å². The summed E-state index contributed by atoms with van der Waals surface area (Å²) in [5.74, 6) is -0.0445. The summed E-state index contributed by atoms with van der Waals surface area (Å²) < 4.78 is 12.9. The lowest BCUT2D eigenvalue weighted by molar-refractivity contribution is -0.132. The lowest BCUT2D eigenvalue weighted by Gasteiger charge is -2.32. The molecule has 4 nitrogen and oxygen atoms in total. The van der Waals surface area contributed by atoms with Crippen molar-refractivity contribution in [2.45, 2.75) is 13.0 Å². The maximum atomic E-state index is 12.9. The Bertz CT molecular complexity index is 709. The van der Waals surface area contributed by atoms with Crippen LogP contribution in [-0.2, 0) is 17.8 Å². The molecule has 0 unspecified atom stereocenters. The second-order valence-electron chi connectivity index (χ2n) is 6.54. The molecule has 1 aliphatic heterocycles. The van der Waals surface area contributed by atoms with E-state index in [0.717, 1.165) is 43.0 Å². The molecule has 0 aliphatic carbocycles. The Hall–Kier alpha value is -2.40. The molecule has 1 N–H and O–H groups in total. The fraction of sp³-hybridized carbons (Fsp3) is 0.350. The molecule has 1 fully saturated rings. The van der Waals surface area contributed by atoms with Gasteiger partial charge < -0.3 is 15.1 Å². The van der Waals surface area contributed by atoms with E-state index < -0.39 is 0 Å². The van der Waals surface area contributed by atoms with Crippen LogP contribution in [0.3, 0.4) is 0 Å². The quantitative estimate of drug-likeness (QED) is 0.908. The molecule has 1 saturated heterocycles. The maximum absolute atomic E-state index is 12.9. The van der Waals surface area contributed by atoms with Crippen LogP contribution in [0, 0.1) is 5.82 Å². The van der Waals surface area contributed by atoms with E-state index in [-0.39, 0.29) is 11.7 Å². The van der Waals surface area contributed by atoms with Crippen LogP contribution in [0.2, 0.25) is 0 Å². The van der Waals surface area contributed by atoms with Crippen molar-refractivity contribution < 1.29 is 9.18 Å². The molecule has 1 amide bonds.